The SMILES string of the molecule is COc1ccc(OCCCN(C)C)cc1Nc1cc2c(Nc3ccc(F)cc3C(N)=O)cncc2[nH]1. The molecule has 0 unspecified atom stereocenters. The van der Waals surface area contributed by atoms with Crippen molar-refractivity contribution in [2.45, 2.75) is 6.42 Å². The molecule has 4 rings (SSSR count). The number of ether oxygens (including phenoxy) is 2. The zero-order valence-corrected chi connectivity index (χ0v) is 20.4. The minimum Gasteiger partial charge on any atom is -0.495 e. The van der Waals surface area contributed by atoms with Crippen LogP contribution in [0.3, 0.4) is 0 Å². The number of nitrogens with zero attached hydrogens (tertiary/aromatic N) is 2. The smallest absolute Gasteiger partial charge is 0.250 e. The lowest BCUT2D eigenvalue weighted by Crippen LogP contribution is -2.15. The highest BCUT2D eigenvalue weighted by Gasteiger charge is 2.14. The molecular weight excluding hydrogens is 463 g/mol. The maximum Gasteiger partial charge on any atom is 0.250 e. The molecule has 0 bridgehead atoms. The summed E-state index contributed by atoms with van der Waals surface area (Å²) in [7, 11) is 5.67. The van der Waals surface area contributed by atoms with Crippen LogP contribution in [0.15, 0.2) is 54.9 Å². The maximum absolute atomic E-state index is 13.6. The number of anilines is 4. The van der Waals surface area contributed by atoms with Crippen LogP contribution in [0.1, 0.15) is 16.8 Å². The molecular formula is C26H29FN6O3. The number of rotatable bonds is 11. The fourth-order valence-corrected chi connectivity index (χ4v) is 3.78. The number of halogens is 1. The van der Waals surface area contributed by atoms with Gasteiger partial charge in [0.25, 0.3) is 5.91 Å². The molecule has 0 aliphatic heterocycles. The molecule has 0 saturated carbocycles. The molecule has 0 atom stereocenters. The molecule has 36 heavy (non-hydrogen) atoms. The van der Waals surface area contributed by atoms with Gasteiger partial charge in [0, 0.05) is 18.0 Å². The number of hydrogen-bond acceptors (Lipinski definition) is 7. The van der Waals surface area contributed by atoms with Gasteiger partial charge in [0.15, 0.2) is 0 Å². The van der Waals surface area contributed by atoms with Gasteiger partial charge in [0.05, 0.1) is 54.3 Å². The van der Waals surface area contributed by atoms with Gasteiger partial charge < -0.3 is 35.7 Å². The van der Waals surface area contributed by atoms with Crippen molar-refractivity contribution in [3.05, 3.63) is 66.2 Å². The average Bonchev–Trinajstić information content (AvgIpc) is 3.26. The molecule has 1 amide bonds. The van der Waals surface area contributed by atoms with E-state index in [2.05, 4.69) is 25.5 Å². The van der Waals surface area contributed by atoms with E-state index in [4.69, 9.17) is 15.2 Å². The van der Waals surface area contributed by atoms with Crippen molar-refractivity contribution in [3.8, 4) is 11.5 Å². The Kier molecular flexibility index (Phi) is 7.55. The minimum absolute atomic E-state index is 0.0491. The van der Waals surface area contributed by atoms with Gasteiger partial charge in [-0.2, -0.15) is 0 Å². The molecule has 0 fully saturated rings. The number of aromatic amines is 1. The summed E-state index contributed by atoms with van der Waals surface area (Å²) >= 11 is 0. The van der Waals surface area contributed by atoms with E-state index in [1.807, 2.05) is 38.4 Å². The number of amides is 1. The van der Waals surface area contributed by atoms with Crippen molar-refractivity contribution in [2.24, 2.45) is 5.73 Å². The molecule has 5 N–H and O–H groups in total. The third-order valence-electron chi connectivity index (χ3n) is 5.52. The van der Waals surface area contributed by atoms with Crippen LogP contribution in [0.2, 0.25) is 0 Å². The average molecular weight is 493 g/mol. The number of carbonyl (C=O) groups excluding carboxylic acids is 1. The number of methoxy groups -OCH3 is 1. The van der Waals surface area contributed by atoms with Crippen molar-refractivity contribution >= 4 is 39.7 Å². The third-order valence-corrected chi connectivity index (χ3v) is 5.52. The van der Waals surface area contributed by atoms with Crippen LogP contribution in [0.4, 0.5) is 27.3 Å². The maximum atomic E-state index is 13.6. The number of primary amides is 1. The Morgan fingerprint density at radius 2 is 1.92 bits per heavy atom. The second kappa shape index (κ2) is 11.0. The molecule has 4 aromatic rings. The van der Waals surface area contributed by atoms with Gasteiger partial charge in [0.1, 0.15) is 23.1 Å². The van der Waals surface area contributed by atoms with E-state index in [9.17, 15) is 9.18 Å². The molecule has 2 aromatic heterocycles. The molecule has 9 nitrogen and oxygen atoms in total. The first-order valence-electron chi connectivity index (χ1n) is 11.4. The number of hydrogen-bond donors (Lipinski definition) is 4. The summed E-state index contributed by atoms with van der Waals surface area (Å²) in [4.78, 5) is 21.5. The fourth-order valence-electron chi connectivity index (χ4n) is 3.78. The lowest BCUT2D eigenvalue weighted by atomic mass is 10.1. The number of benzene rings is 2. The fraction of sp³-hybridized carbons (Fsp3) is 0.231. The minimum atomic E-state index is -0.732. The molecule has 2 aromatic carbocycles. The van der Waals surface area contributed by atoms with E-state index in [-0.39, 0.29) is 5.56 Å². The molecule has 188 valence electrons. The first-order chi connectivity index (χ1) is 17.3. The zero-order valence-electron chi connectivity index (χ0n) is 20.4. The van der Waals surface area contributed by atoms with Crippen LogP contribution in [0, 0.1) is 5.82 Å². The second-order valence-electron chi connectivity index (χ2n) is 8.50. The van der Waals surface area contributed by atoms with Crippen molar-refractivity contribution in [1.29, 1.82) is 0 Å². The first-order valence-corrected chi connectivity index (χ1v) is 11.4. The lowest BCUT2D eigenvalue weighted by molar-refractivity contribution is 0.100. The van der Waals surface area contributed by atoms with Crippen LogP contribution in [-0.2, 0) is 0 Å². The van der Waals surface area contributed by atoms with Gasteiger partial charge >= 0.3 is 0 Å². The van der Waals surface area contributed by atoms with Gasteiger partial charge in [-0.05, 0) is 56.9 Å². The van der Waals surface area contributed by atoms with E-state index in [1.165, 1.54) is 12.1 Å². The molecule has 0 aliphatic carbocycles. The van der Waals surface area contributed by atoms with Gasteiger partial charge in [-0.25, -0.2) is 4.39 Å². The highest BCUT2D eigenvalue weighted by molar-refractivity contribution is 6.02. The Hall–Kier alpha value is -4.31. The number of fused-ring (bicyclic) bond motifs is 1. The van der Waals surface area contributed by atoms with Crippen molar-refractivity contribution < 1.29 is 18.7 Å². The number of nitrogens with two attached hydrogens (primary N) is 1. The molecule has 0 spiro atoms. The van der Waals surface area contributed by atoms with E-state index >= 15 is 0 Å². The lowest BCUT2D eigenvalue weighted by Gasteiger charge is -2.14. The Bertz CT molecular complexity index is 1370. The van der Waals surface area contributed by atoms with Crippen LogP contribution in [0.25, 0.3) is 10.9 Å². The number of carbonyl (C=O) groups is 1. The Morgan fingerprint density at radius 1 is 1.08 bits per heavy atom. The van der Waals surface area contributed by atoms with Crippen LogP contribution < -0.4 is 25.8 Å². The quantitative estimate of drug-likeness (QED) is 0.226. The van der Waals surface area contributed by atoms with Gasteiger partial charge in [0.2, 0.25) is 0 Å². The van der Waals surface area contributed by atoms with Crippen molar-refractivity contribution in [1.82, 2.24) is 14.9 Å². The highest BCUT2D eigenvalue weighted by atomic mass is 19.1. The molecule has 0 aliphatic rings. The van der Waals surface area contributed by atoms with Gasteiger partial charge in [-0.3, -0.25) is 9.78 Å². The van der Waals surface area contributed by atoms with E-state index < -0.39 is 11.7 Å². The predicted molar refractivity (Wildman–Crippen MR) is 139 cm³/mol. The topological polar surface area (TPSA) is 118 Å². The first kappa shape index (κ1) is 24.8. The summed E-state index contributed by atoms with van der Waals surface area (Å²) in [6.45, 7) is 1.55. The molecule has 10 heteroatoms. The van der Waals surface area contributed by atoms with Crippen LogP contribution in [0.5, 0.6) is 11.5 Å². The standard InChI is InChI=1S/C26H29FN6O3/c1-33(2)9-4-10-36-17-6-8-24(35-3)21(12-17)31-25-13-18-22(14-29-15-23(18)32-25)30-20-7-5-16(27)11-19(20)26(28)34/h5-8,11-15,30-32H,4,9-10H2,1-3H3,(H2,28,34). The van der Waals surface area contributed by atoms with Crippen LogP contribution in [-0.4, -0.2) is 55.1 Å². The number of pyridine rings is 1. The van der Waals surface area contributed by atoms with Crippen LogP contribution >= 0.6 is 0 Å². The number of H-pyrrole nitrogens is 1. The molecule has 0 radical (unpaired) electrons. The van der Waals surface area contributed by atoms with Crippen molar-refractivity contribution in [2.75, 3.05) is 45.0 Å². The summed E-state index contributed by atoms with van der Waals surface area (Å²) in [5, 5.41) is 7.29. The van der Waals surface area contributed by atoms with Gasteiger partial charge in [-0.15, -0.1) is 0 Å². The Morgan fingerprint density at radius 3 is 2.67 bits per heavy atom. The predicted octanol–water partition coefficient (Wildman–Crippen LogP) is 4.63. The summed E-state index contributed by atoms with van der Waals surface area (Å²) in [6.07, 6.45) is 4.22. The van der Waals surface area contributed by atoms with E-state index in [0.29, 0.717) is 29.5 Å². The van der Waals surface area contributed by atoms with Crippen molar-refractivity contribution in [3.63, 3.8) is 0 Å². The molecule has 0 saturated heterocycles. The summed E-state index contributed by atoms with van der Waals surface area (Å²) in [5.74, 6) is 0.801. The number of aromatic nitrogens is 2. The third kappa shape index (κ3) is 5.84. The normalized spacial score (nSPS) is 11.0. The summed E-state index contributed by atoms with van der Waals surface area (Å²) < 4.78 is 25.1. The monoisotopic (exact) mass is 492 g/mol. The Labute approximate surface area is 208 Å². The zero-order chi connectivity index (χ0) is 25.7. The Balaban J connectivity index is 1.58. The summed E-state index contributed by atoms with van der Waals surface area (Å²) in [5.41, 5.74) is 7.96. The van der Waals surface area contributed by atoms with E-state index in [0.717, 1.165) is 41.4 Å². The summed E-state index contributed by atoms with van der Waals surface area (Å²) in [6, 6.07) is 11.3. The van der Waals surface area contributed by atoms with E-state index in [1.54, 1.807) is 19.5 Å². The number of nitrogens with one attached hydrogen (secondary N) is 3. The largest absolute Gasteiger partial charge is 0.495 e. The highest BCUT2D eigenvalue weighted by Crippen LogP contribution is 2.34. The molecule has 2 heterocycles. The van der Waals surface area contributed by atoms with Gasteiger partial charge in [-0.1, -0.05) is 0 Å². The second-order valence-corrected chi connectivity index (χ2v) is 8.50.